The molecule has 1 N–H and O–H groups in total. The third-order valence-corrected chi connectivity index (χ3v) is 6.34. The lowest BCUT2D eigenvalue weighted by molar-refractivity contribution is -0.119. The molecule has 0 aliphatic heterocycles. The maximum atomic E-state index is 13.4. The van der Waals surface area contributed by atoms with Gasteiger partial charge in [0.15, 0.2) is 12.3 Å². The fraction of sp³-hybridized carbons (Fsp3) is 0.259. The summed E-state index contributed by atoms with van der Waals surface area (Å²) in [6.07, 6.45) is 3.38. The first-order valence-corrected chi connectivity index (χ1v) is 11.9. The number of hydrogen-bond donors (Lipinski definition) is 1. The first kappa shape index (κ1) is 23.5. The zero-order valence-electron chi connectivity index (χ0n) is 20.1. The number of anilines is 1. The number of hydrogen-bond acceptors (Lipinski definition) is 5. The van der Waals surface area contributed by atoms with Crippen LogP contribution in [0.2, 0.25) is 0 Å². The van der Waals surface area contributed by atoms with Crippen molar-refractivity contribution in [2.45, 2.75) is 39.5 Å². The topological polar surface area (TPSA) is 91.0 Å². The Morgan fingerprint density at radius 3 is 2.39 bits per heavy atom. The number of aromatic nitrogens is 4. The zero-order chi connectivity index (χ0) is 25.2. The monoisotopic (exact) mass is 487 g/mol. The number of ether oxygens (including phenoxy) is 1. The number of fused-ring (bicyclic) bond motifs is 1. The Bertz CT molecular complexity index is 1420. The van der Waals surface area contributed by atoms with E-state index >= 15 is 0 Å². The van der Waals surface area contributed by atoms with Gasteiger partial charge in [-0.3, -0.25) is 4.79 Å². The number of halogens is 1. The molecule has 5 rings (SSSR count). The van der Waals surface area contributed by atoms with Gasteiger partial charge in [0.2, 0.25) is 0 Å². The molecule has 0 saturated carbocycles. The lowest BCUT2D eigenvalue weighted by Gasteiger charge is -2.14. The second-order valence-corrected chi connectivity index (χ2v) is 8.79. The summed E-state index contributed by atoms with van der Waals surface area (Å²) in [6, 6.07) is 15.6. The maximum Gasteiger partial charge on any atom is 0.359 e. The van der Waals surface area contributed by atoms with Gasteiger partial charge >= 0.3 is 5.97 Å². The summed E-state index contributed by atoms with van der Waals surface area (Å²) >= 11 is 0. The van der Waals surface area contributed by atoms with Crippen LogP contribution in [0.15, 0.2) is 54.6 Å². The quantitative estimate of drug-likeness (QED) is 0.405. The summed E-state index contributed by atoms with van der Waals surface area (Å²) in [5.41, 5.74) is 5.51. The number of aryl methyl sites for hydroxylation is 1. The van der Waals surface area contributed by atoms with E-state index in [4.69, 9.17) is 4.74 Å². The largest absolute Gasteiger partial charge is 0.451 e. The van der Waals surface area contributed by atoms with Gasteiger partial charge in [0.05, 0.1) is 28.5 Å². The Morgan fingerprint density at radius 2 is 1.64 bits per heavy atom. The smallest absolute Gasteiger partial charge is 0.359 e. The van der Waals surface area contributed by atoms with E-state index in [1.54, 1.807) is 21.5 Å². The highest BCUT2D eigenvalue weighted by atomic mass is 19.1. The van der Waals surface area contributed by atoms with Gasteiger partial charge in [-0.2, -0.15) is 10.2 Å². The van der Waals surface area contributed by atoms with Gasteiger partial charge in [-0.15, -0.1) is 0 Å². The fourth-order valence-corrected chi connectivity index (χ4v) is 4.58. The van der Waals surface area contributed by atoms with Crippen molar-refractivity contribution in [3.8, 4) is 11.4 Å². The van der Waals surface area contributed by atoms with Crippen molar-refractivity contribution in [3.05, 3.63) is 88.8 Å². The number of carbonyl (C=O) groups excluding carboxylic acids is 2. The minimum atomic E-state index is -0.655. The Hall–Kier alpha value is -4.27. The molecular formula is C27H26FN5O3. The van der Waals surface area contributed by atoms with E-state index in [1.807, 2.05) is 44.2 Å². The number of para-hydroxylation sites is 1. The summed E-state index contributed by atoms with van der Waals surface area (Å²) in [7, 11) is 0. The Balaban J connectivity index is 1.30. The van der Waals surface area contributed by atoms with Crippen LogP contribution in [0, 0.1) is 19.7 Å². The predicted octanol–water partition coefficient (Wildman–Crippen LogP) is 4.49. The standard InChI is InChI=1S/C27H26FN5O3/c1-17-25(18(2)32(30-17)20-8-4-3-5-9-20)29-24(34)16-36-27(35)26-22-10-6-7-11-23(22)33(31-26)21-14-12-19(28)13-15-21/h3-5,8-9,12-15H,6-7,10-11,16H2,1-2H3,(H,29,34). The van der Waals surface area contributed by atoms with Crippen molar-refractivity contribution in [3.63, 3.8) is 0 Å². The van der Waals surface area contributed by atoms with Crippen LogP contribution in [-0.2, 0) is 22.4 Å². The van der Waals surface area contributed by atoms with Crippen molar-refractivity contribution in [1.29, 1.82) is 0 Å². The molecule has 0 radical (unpaired) electrons. The second-order valence-electron chi connectivity index (χ2n) is 8.79. The predicted molar refractivity (Wildman–Crippen MR) is 132 cm³/mol. The minimum absolute atomic E-state index is 0.200. The van der Waals surface area contributed by atoms with Gasteiger partial charge in [0, 0.05) is 11.3 Å². The molecule has 184 valence electrons. The summed E-state index contributed by atoms with van der Waals surface area (Å²) in [4.78, 5) is 25.6. The molecule has 0 spiro atoms. The van der Waals surface area contributed by atoms with Crippen molar-refractivity contribution < 1.29 is 18.7 Å². The van der Waals surface area contributed by atoms with E-state index in [2.05, 4.69) is 15.5 Å². The van der Waals surface area contributed by atoms with Crippen LogP contribution >= 0.6 is 0 Å². The summed E-state index contributed by atoms with van der Waals surface area (Å²) in [5.74, 6) is -1.46. The molecule has 4 aromatic rings. The van der Waals surface area contributed by atoms with Crippen LogP contribution in [0.1, 0.15) is 46.0 Å². The molecule has 0 unspecified atom stereocenters. The molecule has 36 heavy (non-hydrogen) atoms. The first-order valence-electron chi connectivity index (χ1n) is 11.9. The van der Waals surface area contributed by atoms with Crippen LogP contribution in [0.5, 0.6) is 0 Å². The molecule has 0 fully saturated rings. The first-order chi connectivity index (χ1) is 17.4. The van der Waals surface area contributed by atoms with Crippen LogP contribution < -0.4 is 5.32 Å². The highest BCUT2D eigenvalue weighted by Crippen LogP contribution is 2.28. The van der Waals surface area contributed by atoms with E-state index in [0.29, 0.717) is 23.5 Å². The van der Waals surface area contributed by atoms with E-state index in [-0.39, 0.29) is 11.5 Å². The number of carbonyl (C=O) groups is 2. The maximum absolute atomic E-state index is 13.4. The third kappa shape index (κ3) is 4.51. The molecule has 1 aliphatic rings. The molecule has 2 heterocycles. The SMILES string of the molecule is Cc1nn(-c2ccccc2)c(C)c1NC(=O)COC(=O)c1nn(-c2ccc(F)cc2)c2c1CCCC2. The van der Waals surface area contributed by atoms with Crippen LogP contribution in [0.25, 0.3) is 11.4 Å². The molecule has 0 bridgehead atoms. The Labute approximate surface area is 207 Å². The number of amides is 1. The second kappa shape index (κ2) is 9.77. The number of nitrogens with zero attached hydrogens (tertiary/aromatic N) is 4. The van der Waals surface area contributed by atoms with Crippen molar-refractivity contribution in [2.24, 2.45) is 0 Å². The van der Waals surface area contributed by atoms with Gasteiger partial charge in [0.1, 0.15) is 5.82 Å². The molecule has 1 aliphatic carbocycles. The number of benzene rings is 2. The molecule has 0 saturated heterocycles. The highest BCUT2D eigenvalue weighted by Gasteiger charge is 2.27. The molecule has 2 aromatic carbocycles. The van der Waals surface area contributed by atoms with E-state index in [1.165, 1.54) is 12.1 Å². The molecule has 0 atom stereocenters. The van der Waals surface area contributed by atoms with Crippen LogP contribution in [0.3, 0.4) is 0 Å². The lowest BCUT2D eigenvalue weighted by atomic mass is 9.95. The summed E-state index contributed by atoms with van der Waals surface area (Å²) in [5, 5.41) is 11.8. The molecule has 2 aromatic heterocycles. The molecule has 9 heteroatoms. The number of rotatable bonds is 6. The average Bonchev–Trinajstić information content (AvgIpc) is 3.42. The summed E-state index contributed by atoms with van der Waals surface area (Å²) < 4.78 is 22.2. The van der Waals surface area contributed by atoms with Crippen molar-refractivity contribution in [1.82, 2.24) is 19.6 Å². The summed E-state index contributed by atoms with van der Waals surface area (Å²) in [6.45, 7) is 3.22. The van der Waals surface area contributed by atoms with Gasteiger partial charge in [-0.05, 0) is 75.9 Å². The minimum Gasteiger partial charge on any atom is -0.451 e. The highest BCUT2D eigenvalue weighted by molar-refractivity contribution is 5.96. The van der Waals surface area contributed by atoms with Crippen molar-refractivity contribution >= 4 is 17.6 Å². The number of esters is 1. The normalized spacial score (nSPS) is 12.8. The lowest BCUT2D eigenvalue weighted by Crippen LogP contribution is -2.22. The van der Waals surface area contributed by atoms with E-state index in [0.717, 1.165) is 41.9 Å². The number of nitrogens with one attached hydrogen (secondary N) is 1. The fourth-order valence-electron chi connectivity index (χ4n) is 4.58. The van der Waals surface area contributed by atoms with Crippen LogP contribution in [-0.4, -0.2) is 38.0 Å². The van der Waals surface area contributed by atoms with Gasteiger partial charge < -0.3 is 10.1 Å². The van der Waals surface area contributed by atoms with Gasteiger partial charge in [-0.1, -0.05) is 18.2 Å². The Kier molecular flexibility index (Phi) is 6.37. The Morgan fingerprint density at radius 1 is 0.944 bits per heavy atom. The van der Waals surface area contributed by atoms with E-state index < -0.39 is 18.5 Å². The van der Waals surface area contributed by atoms with E-state index in [9.17, 15) is 14.0 Å². The molecule has 1 amide bonds. The van der Waals surface area contributed by atoms with Gasteiger partial charge in [-0.25, -0.2) is 18.5 Å². The van der Waals surface area contributed by atoms with Crippen molar-refractivity contribution in [2.75, 3.05) is 11.9 Å². The molecular weight excluding hydrogens is 461 g/mol. The third-order valence-electron chi connectivity index (χ3n) is 6.34. The van der Waals surface area contributed by atoms with Gasteiger partial charge in [0.25, 0.3) is 5.91 Å². The zero-order valence-corrected chi connectivity index (χ0v) is 20.1. The van der Waals surface area contributed by atoms with Crippen LogP contribution in [0.4, 0.5) is 10.1 Å². The average molecular weight is 488 g/mol. The molecule has 8 nitrogen and oxygen atoms in total.